The zero-order chi connectivity index (χ0) is 13.8. The molecule has 0 amide bonds. The van der Waals surface area contributed by atoms with Gasteiger partial charge in [-0.25, -0.2) is 4.68 Å². The Morgan fingerprint density at radius 3 is 2.58 bits per heavy atom. The van der Waals surface area contributed by atoms with Gasteiger partial charge in [0.2, 0.25) is 0 Å². The minimum atomic E-state index is 0.0837. The van der Waals surface area contributed by atoms with E-state index >= 15 is 0 Å². The number of nitriles is 2. The zero-order valence-electron chi connectivity index (χ0n) is 10.8. The van der Waals surface area contributed by atoms with Crippen molar-refractivity contribution in [2.24, 2.45) is 0 Å². The molecule has 1 aromatic heterocycles. The minimum absolute atomic E-state index is 0.0837. The van der Waals surface area contributed by atoms with Gasteiger partial charge >= 0.3 is 0 Å². The van der Waals surface area contributed by atoms with Crippen LogP contribution in [0.25, 0.3) is 11.8 Å². The molecule has 0 saturated heterocycles. The third kappa shape index (κ3) is 2.53. The summed E-state index contributed by atoms with van der Waals surface area (Å²) in [6.45, 7) is 3.96. The molecule has 92 valence electrons. The number of aromatic nitrogens is 2. The molecule has 19 heavy (non-hydrogen) atoms. The molecule has 2 rings (SSSR count). The average Bonchev–Trinajstić information content (AvgIpc) is 2.91. The van der Waals surface area contributed by atoms with Gasteiger partial charge in [0.15, 0.2) is 0 Å². The number of aryl methyl sites for hydroxylation is 2. The molecule has 1 aromatic carbocycles. The highest BCUT2D eigenvalue weighted by Gasteiger charge is 2.08. The van der Waals surface area contributed by atoms with Gasteiger partial charge in [-0.3, -0.25) is 0 Å². The molecule has 0 saturated carbocycles. The largest absolute Gasteiger partial charge is 0.240 e. The molecular formula is C15H12N4. The fraction of sp³-hybridized carbons (Fsp3) is 0.133. The predicted octanol–water partition coefficient (Wildman–Crippen LogP) is 2.92. The number of hydrogen-bond donors (Lipinski definition) is 0. The topological polar surface area (TPSA) is 65.4 Å². The summed E-state index contributed by atoms with van der Waals surface area (Å²) in [7, 11) is 0. The van der Waals surface area contributed by atoms with Crippen molar-refractivity contribution in [1.82, 2.24) is 9.78 Å². The number of benzene rings is 1. The summed E-state index contributed by atoms with van der Waals surface area (Å²) >= 11 is 0. The second-order valence-electron chi connectivity index (χ2n) is 4.25. The van der Waals surface area contributed by atoms with Gasteiger partial charge in [0.1, 0.15) is 17.7 Å². The summed E-state index contributed by atoms with van der Waals surface area (Å²) in [6.07, 6.45) is 5.14. The maximum absolute atomic E-state index is 8.89. The molecule has 0 atom stereocenters. The molecule has 0 radical (unpaired) electrons. The monoisotopic (exact) mass is 248 g/mol. The van der Waals surface area contributed by atoms with Crippen molar-refractivity contribution < 1.29 is 0 Å². The summed E-state index contributed by atoms with van der Waals surface area (Å²) in [6, 6.07) is 9.61. The normalized spacial score (nSPS) is 9.47. The summed E-state index contributed by atoms with van der Waals surface area (Å²) in [4.78, 5) is 0. The van der Waals surface area contributed by atoms with Gasteiger partial charge in [-0.2, -0.15) is 15.6 Å². The van der Waals surface area contributed by atoms with Gasteiger partial charge < -0.3 is 0 Å². The van der Waals surface area contributed by atoms with Gasteiger partial charge in [-0.1, -0.05) is 6.07 Å². The fourth-order valence-corrected chi connectivity index (χ4v) is 1.98. The standard InChI is InChI=1S/C15H12N4/c1-11-6-12(2)14(8-13(9-16)10-17)15(7-11)19-5-3-4-18-19/h3-8H,1-2H3. The Bertz CT molecular complexity index is 694. The molecule has 1 heterocycles. The number of hydrogen-bond acceptors (Lipinski definition) is 3. The maximum atomic E-state index is 8.89. The Hall–Kier alpha value is -2.85. The van der Waals surface area contributed by atoms with Gasteiger partial charge in [0.25, 0.3) is 0 Å². The Morgan fingerprint density at radius 2 is 2.00 bits per heavy atom. The lowest BCUT2D eigenvalue weighted by molar-refractivity contribution is 0.875. The lowest BCUT2D eigenvalue weighted by atomic mass is 10.0. The van der Waals surface area contributed by atoms with Crippen molar-refractivity contribution in [2.45, 2.75) is 13.8 Å². The number of allylic oxidation sites excluding steroid dienone is 1. The lowest BCUT2D eigenvalue weighted by Gasteiger charge is -2.11. The van der Waals surface area contributed by atoms with E-state index in [1.165, 1.54) is 0 Å². The average molecular weight is 248 g/mol. The van der Waals surface area contributed by atoms with Gasteiger partial charge in [0, 0.05) is 18.0 Å². The van der Waals surface area contributed by atoms with E-state index in [0.29, 0.717) is 0 Å². The molecule has 0 spiro atoms. The smallest absolute Gasteiger partial charge is 0.130 e. The molecule has 4 heteroatoms. The Kier molecular flexibility index (Phi) is 3.45. The first-order chi connectivity index (χ1) is 9.15. The van der Waals surface area contributed by atoms with Crippen LogP contribution in [-0.2, 0) is 0 Å². The van der Waals surface area contributed by atoms with Crippen molar-refractivity contribution in [1.29, 1.82) is 10.5 Å². The van der Waals surface area contributed by atoms with E-state index in [1.54, 1.807) is 17.0 Å². The first kappa shape index (κ1) is 12.6. The second-order valence-corrected chi connectivity index (χ2v) is 4.25. The fourth-order valence-electron chi connectivity index (χ4n) is 1.98. The maximum Gasteiger partial charge on any atom is 0.130 e. The van der Waals surface area contributed by atoms with E-state index in [4.69, 9.17) is 10.5 Å². The first-order valence-corrected chi connectivity index (χ1v) is 5.79. The molecule has 0 aliphatic carbocycles. The van der Waals surface area contributed by atoms with E-state index < -0.39 is 0 Å². The quantitative estimate of drug-likeness (QED) is 0.767. The lowest BCUT2D eigenvalue weighted by Crippen LogP contribution is -2.00. The van der Waals surface area contributed by atoms with Crippen LogP contribution in [0.3, 0.4) is 0 Å². The van der Waals surface area contributed by atoms with E-state index in [0.717, 1.165) is 22.4 Å². The van der Waals surface area contributed by atoms with Crippen LogP contribution in [0.1, 0.15) is 16.7 Å². The van der Waals surface area contributed by atoms with Crippen LogP contribution in [0.2, 0.25) is 0 Å². The Morgan fingerprint density at radius 1 is 1.26 bits per heavy atom. The van der Waals surface area contributed by atoms with Crippen LogP contribution >= 0.6 is 0 Å². The van der Waals surface area contributed by atoms with Crippen LogP contribution in [0.15, 0.2) is 36.2 Å². The summed E-state index contributed by atoms with van der Waals surface area (Å²) in [5, 5.41) is 22.0. The SMILES string of the molecule is Cc1cc(C)c(C=C(C#N)C#N)c(-n2cccn2)c1. The molecule has 0 fully saturated rings. The molecule has 0 bridgehead atoms. The first-order valence-electron chi connectivity index (χ1n) is 5.79. The highest BCUT2D eigenvalue weighted by molar-refractivity contribution is 5.71. The van der Waals surface area contributed by atoms with E-state index in [1.807, 2.05) is 50.4 Å². The van der Waals surface area contributed by atoms with Gasteiger partial charge in [-0.05, 0) is 43.2 Å². The molecule has 0 aliphatic rings. The van der Waals surface area contributed by atoms with Crippen molar-refractivity contribution in [2.75, 3.05) is 0 Å². The van der Waals surface area contributed by atoms with Crippen LogP contribution in [0.5, 0.6) is 0 Å². The van der Waals surface area contributed by atoms with E-state index in [-0.39, 0.29) is 5.57 Å². The van der Waals surface area contributed by atoms with Crippen molar-refractivity contribution in [3.63, 3.8) is 0 Å². The van der Waals surface area contributed by atoms with Gasteiger partial charge in [0.05, 0.1) is 5.69 Å². The molecular weight excluding hydrogens is 236 g/mol. The third-order valence-corrected chi connectivity index (χ3v) is 2.79. The highest BCUT2D eigenvalue weighted by Crippen LogP contribution is 2.23. The van der Waals surface area contributed by atoms with E-state index in [9.17, 15) is 0 Å². The third-order valence-electron chi connectivity index (χ3n) is 2.79. The van der Waals surface area contributed by atoms with Gasteiger partial charge in [-0.15, -0.1) is 0 Å². The predicted molar refractivity (Wildman–Crippen MR) is 72.2 cm³/mol. The Labute approximate surface area is 111 Å². The second kappa shape index (κ2) is 5.20. The molecule has 0 N–H and O–H groups in total. The summed E-state index contributed by atoms with van der Waals surface area (Å²) in [5.74, 6) is 0. The van der Waals surface area contributed by atoms with Crippen LogP contribution in [0, 0.1) is 36.5 Å². The number of rotatable bonds is 2. The van der Waals surface area contributed by atoms with Crippen LogP contribution < -0.4 is 0 Å². The molecule has 4 nitrogen and oxygen atoms in total. The Balaban J connectivity index is 2.71. The van der Waals surface area contributed by atoms with Crippen LogP contribution in [-0.4, -0.2) is 9.78 Å². The summed E-state index contributed by atoms with van der Waals surface area (Å²) < 4.78 is 1.73. The van der Waals surface area contributed by atoms with Crippen molar-refractivity contribution >= 4 is 6.08 Å². The zero-order valence-corrected chi connectivity index (χ0v) is 10.8. The van der Waals surface area contributed by atoms with Crippen molar-refractivity contribution in [3.05, 3.63) is 52.9 Å². The molecule has 0 unspecified atom stereocenters. The van der Waals surface area contributed by atoms with Crippen LogP contribution in [0.4, 0.5) is 0 Å². The summed E-state index contributed by atoms with van der Waals surface area (Å²) in [5.41, 5.74) is 3.90. The minimum Gasteiger partial charge on any atom is -0.240 e. The highest BCUT2D eigenvalue weighted by atomic mass is 15.3. The number of nitrogens with zero attached hydrogens (tertiary/aromatic N) is 4. The molecule has 2 aromatic rings. The van der Waals surface area contributed by atoms with E-state index in [2.05, 4.69) is 5.10 Å². The molecule has 0 aliphatic heterocycles. The van der Waals surface area contributed by atoms with Crippen molar-refractivity contribution in [3.8, 4) is 17.8 Å².